The third kappa shape index (κ3) is 5.68. The van der Waals surface area contributed by atoms with Crippen molar-refractivity contribution in [3.05, 3.63) is 68.7 Å². The first-order chi connectivity index (χ1) is 16.0. The number of ether oxygens (including phenoxy) is 2. The molecule has 1 aliphatic carbocycles. The molecule has 0 amide bonds. The van der Waals surface area contributed by atoms with E-state index in [2.05, 4.69) is 21.0 Å². The molecule has 1 saturated carbocycles. The van der Waals surface area contributed by atoms with Crippen LogP contribution >= 0.6 is 15.9 Å². The molecule has 0 aliphatic heterocycles. The van der Waals surface area contributed by atoms with Gasteiger partial charge in [0.25, 0.3) is 5.56 Å². The van der Waals surface area contributed by atoms with Crippen molar-refractivity contribution in [2.45, 2.75) is 44.9 Å². The zero-order valence-electron chi connectivity index (χ0n) is 18.5. The lowest BCUT2D eigenvalue weighted by molar-refractivity contribution is -0.145. The van der Waals surface area contributed by atoms with Crippen LogP contribution in [0.25, 0.3) is 10.9 Å². The van der Waals surface area contributed by atoms with Gasteiger partial charge in [0.15, 0.2) is 6.61 Å². The van der Waals surface area contributed by atoms with Crippen LogP contribution in [-0.2, 0) is 9.53 Å². The molecule has 0 radical (unpaired) electrons. The molecule has 8 heteroatoms. The minimum Gasteiger partial charge on any atom is -0.482 e. The van der Waals surface area contributed by atoms with Crippen LogP contribution in [0.1, 0.15) is 56.3 Å². The van der Waals surface area contributed by atoms with Crippen LogP contribution in [0.2, 0.25) is 0 Å². The number of halogens is 1. The molecule has 1 fully saturated rings. The summed E-state index contributed by atoms with van der Waals surface area (Å²) in [6.07, 6.45) is 7.15. The lowest BCUT2D eigenvalue weighted by Crippen LogP contribution is -2.25. The third-order valence-corrected chi connectivity index (χ3v) is 6.16. The molecule has 0 saturated heterocycles. The summed E-state index contributed by atoms with van der Waals surface area (Å²) in [6, 6.07) is 12.7. The number of hydrogen-bond acceptors (Lipinski definition) is 6. The van der Waals surface area contributed by atoms with Gasteiger partial charge in [0.2, 0.25) is 0 Å². The van der Waals surface area contributed by atoms with Gasteiger partial charge >= 0.3 is 5.97 Å². The molecule has 7 nitrogen and oxygen atoms in total. The summed E-state index contributed by atoms with van der Waals surface area (Å²) >= 11 is 3.44. The molecule has 172 valence electrons. The van der Waals surface area contributed by atoms with Crippen LogP contribution in [0, 0.1) is 0 Å². The van der Waals surface area contributed by atoms with E-state index in [1.807, 2.05) is 24.3 Å². The number of carbonyl (C=O) groups excluding carboxylic acids is 1. The van der Waals surface area contributed by atoms with Gasteiger partial charge in [-0.2, -0.15) is 9.78 Å². The Labute approximate surface area is 200 Å². The third-order valence-electron chi connectivity index (χ3n) is 5.67. The molecule has 33 heavy (non-hydrogen) atoms. The second-order valence-electron chi connectivity index (χ2n) is 7.99. The molecule has 2 aromatic carbocycles. The molecule has 0 spiro atoms. The minimum absolute atomic E-state index is 0.139. The highest BCUT2D eigenvalue weighted by atomic mass is 79.9. The maximum atomic E-state index is 13.3. The Hall–Kier alpha value is -3.00. The van der Waals surface area contributed by atoms with E-state index in [9.17, 15) is 9.59 Å². The first kappa shape index (κ1) is 23.2. The largest absolute Gasteiger partial charge is 0.482 e. The Bertz CT molecular complexity index is 1210. The molecule has 1 heterocycles. The van der Waals surface area contributed by atoms with Crippen molar-refractivity contribution in [3.63, 3.8) is 0 Å². The Morgan fingerprint density at radius 3 is 2.67 bits per heavy atom. The van der Waals surface area contributed by atoms with Gasteiger partial charge in [0.05, 0.1) is 23.7 Å². The summed E-state index contributed by atoms with van der Waals surface area (Å²) in [7, 11) is 0. The highest BCUT2D eigenvalue weighted by Gasteiger charge is 2.22. The zero-order chi connectivity index (χ0) is 23.2. The quantitative estimate of drug-likeness (QED) is 0.328. The summed E-state index contributed by atoms with van der Waals surface area (Å²) in [5, 5.41) is 5.08. The van der Waals surface area contributed by atoms with Gasteiger partial charge in [-0.05, 0) is 67.8 Å². The topological polar surface area (TPSA) is 82.8 Å². The Kier molecular flexibility index (Phi) is 7.54. The van der Waals surface area contributed by atoms with Crippen LogP contribution in [0.3, 0.4) is 0 Å². The van der Waals surface area contributed by atoms with Crippen LogP contribution in [0.5, 0.6) is 5.75 Å². The second kappa shape index (κ2) is 10.7. The molecular weight excluding hydrogens is 486 g/mol. The predicted molar refractivity (Wildman–Crippen MR) is 131 cm³/mol. The Morgan fingerprint density at radius 2 is 1.94 bits per heavy atom. The monoisotopic (exact) mass is 511 g/mol. The SMILES string of the molecule is CCOC(=O)COc1ccc(C=Nn2c(C3CCCCC3)nc3ccc(Br)cc3c2=O)cc1. The van der Waals surface area contributed by atoms with Crippen molar-refractivity contribution in [1.82, 2.24) is 9.66 Å². The summed E-state index contributed by atoms with van der Waals surface area (Å²) in [6.45, 7) is 1.93. The van der Waals surface area contributed by atoms with E-state index in [-0.39, 0.29) is 18.1 Å². The Morgan fingerprint density at radius 1 is 1.18 bits per heavy atom. The van der Waals surface area contributed by atoms with E-state index in [4.69, 9.17) is 14.5 Å². The number of carbonyl (C=O) groups is 1. The number of benzene rings is 2. The summed E-state index contributed by atoms with van der Waals surface area (Å²) in [5.41, 5.74) is 1.32. The fraction of sp³-hybridized carbons (Fsp3) is 0.360. The molecule has 0 bridgehead atoms. The van der Waals surface area contributed by atoms with Crippen LogP contribution < -0.4 is 10.3 Å². The number of esters is 1. The minimum atomic E-state index is -0.409. The average molecular weight is 512 g/mol. The van der Waals surface area contributed by atoms with Crippen molar-refractivity contribution in [1.29, 1.82) is 0 Å². The van der Waals surface area contributed by atoms with Crippen LogP contribution in [0.15, 0.2) is 56.8 Å². The fourth-order valence-corrected chi connectivity index (χ4v) is 4.38. The molecule has 1 aromatic heterocycles. The molecule has 0 unspecified atom stereocenters. The molecular formula is C25H26BrN3O4. The molecule has 0 N–H and O–H groups in total. The lowest BCUT2D eigenvalue weighted by Gasteiger charge is -2.22. The smallest absolute Gasteiger partial charge is 0.344 e. The van der Waals surface area contributed by atoms with E-state index >= 15 is 0 Å². The molecule has 1 aliphatic rings. The maximum Gasteiger partial charge on any atom is 0.344 e. The Balaban J connectivity index is 1.62. The van der Waals surface area contributed by atoms with Gasteiger partial charge in [-0.25, -0.2) is 9.78 Å². The highest BCUT2D eigenvalue weighted by molar-refractivity contribution is 9.10. The number of hydrogen-bond donors (Lipinski definition) is 0. The first-order valence-corrected chi connectivity index (χ1v) is 12.0. The van der Waals surface area contributed by atoms with Gasteiger partial charge in [0, 0.05) is 10.4 Å². The van der Waals surface area contributed by atoms with E-state index in [0.717, 1.165) is 41.5 Å². The number of rotatable bonds is 7. The van der Waals surface area contributed by atoms with Crippen LogP contribution in [0.4, 0.5) is 0 Å². The predicted octanol–water partition coefficient (Wildman–Crippen LogP) is 5.03. The van der Waals surface area contributed by atoms with E-state index in [0.29, 0.717) is 23.3 Å². The number of aromatic nitrogens is 2. The highest BCUT2D eigenvalue weighted by Crippen LogP contribution is 2.32. The fourth-order valence-electron chi connectivity index (χ4n) is 4.02. The van der Waals surface area contributed by atoms with Gasteiger partial charge in [-0.3, -0.25) is 4.79 Å². The van der Waals surface area contributed by atoms with E-state index in [1.165, 1.54) is 11.1 Å². The van der Waals surface area contributed by atoms with Crippen molar-refractivity contribution in [2.75, 3.05) is 13.2 Å². The first-order valence-electron chi connectivity index (χ1n) is 11.2. The van der Waals surface area contributed by atoms with Crippen molar-refractivity contribution >= 4 is 39.0 Å². The number of nitrogens with zero attached hydrogens (tertiary/aromatic N) is 3. The maximum absolute atomic E-state index is 13.3. The van der Waals surface area contributed by atoms with Gasteiger partial charge in [0.1, 0.15) is 11.6 Å². The zero-order valence-corrected chi connectivity index (χ0v) is 20.1. The van der Waals surface area contributed by atoms with Crippen molar-refractivity contribution < 1.29 is 14.3 Å². The average Bonchev–Trinajstić information content (AvgIpc) is 2.84. The van der Waals surface area contributed by atoms with Crippen LogP contribution in [-0.4, -0.2) is 35.1 Å². The second-order valence-corrected chi connectivity index (χ2v) is 8.91. The van der Waals surface area contributed by atoms with Crippen molar-refractivity contribution in [3.8, 4) is 5.75 Å². The van der Waals surface area contributed by atoms with E-state index in [1.54, 1.807) is 31.3 Å². The molecule has 0 atom stereocenters. The van der Waals surface area contributed by atoms with E-state index < -0.39 is 5.97 Å². The lowest BCUT2D eigenvalue weighted by atomic mass is 9.88. The number of fused-ring (bicyclic) bond motifs is 1. The van der Waals surface area contributed by atoms with Crippen molar-refractivity contribution in [2.24, 2.45) is 5.10 Å². The summed E-state index contributed by atoms with van der Waals surface area (Å²) in [5.74, 6) is 1.08. The normalized spacial score (nSPS) is 14.6. The molecule has 3 aromatic rings. The molecule has 4 rings (SSSR count). The standard InChI is InChI=1S/C25H26BrN3O4/c1-2-32-23(30)16-33-20-11-8-17(9-12-20)15-27-29-24(18-6-4-3-5-7-18)28-22-13-10-19(26)14-21(22)25(29)31/h8-15,18H,2-7,16H2,1H3. The van der Waals surface area contributed by atoms with Gasteiger partial charge in [-0.15, -0.1) is 0 Å². The van der Waals surface area contributed by atoms with Gasteiger partial charge in [-0.1, -0.05) is 35.2 Å². The summed E-state index contributed by atoms with van der Waals surface area (Å²) in [4.78, 5) is 29.6. The van der Waals surface area contributed by atoms with Gasteiger partial charge < -0.3 is 9.47 Å². The summed E-state index contributed by atoms with van der Waals surface area (Å²) < 4.78 is 12.6.